The van der Waals surface area contributed by atoms with Crippen molar-refractivity contribution in [3.05, 3.63) is 200 Å². The molecule has 6 aromatic carbocycles. The zero-order valence-corrected chi connectivity index (χ0v) is 33.5. The summed E-state index contributed by atoms with van der Waals surface area (Å²) in [7, 11) is 0. The molecule has 7 rings (SSSR count). The van der Waals surface area contributed by atoms with E-state index >= 15 is 35.1 Å². The van der Waals surface area contributed by atoms with Gasteiger partial charge in [0.15, 0.2) is 82.2 Å². The van der Waals surface area contributed by atoms with E-state index in [0.29, 0.717) is 6.54 Å². The van der Waals surface area contributed by atoms with E-state index in [0.717, 1.165) is 16.8 Å². The SMILES string of the molecule is Cc1ccc(C)c(-c2c[n+](CC(=O)c3ccccc3)ccn2)c1.Fc1c(F)c(F)c([B-](c2c(F)c(F)c(F)c(F)c2F)(c2c(F)c(F)c(F)c(F)c2F)c2c(F)c(F)c(F)c(F)c2F)c(F)c1F. The standard InChI is InChI=1S/C24BF20.C20H19N2O/c26-5-1(6(27)14(35)21(42)13(5)34)25(2-7(28)15(36)22(43)16(37)8(2)29,3-9(30)17(38)23(44)18(39)10(3)31)4-11(32)19(40)24(45)20(41)12(4)33;1-15-8-9-16(2)18(12-15)19-13-22(11-10-21-19)14-20(23)17-6-4-3-5-7-17/h;3-13H,14H2,1-2H3/q-1;+1. The number of carbonyl (C=O) groups excluding carboxylic acids is 1. The van der Waals surface area contributed by atoms with Gasteiger partial charge in [-0.3, -0.25) is 4.79 Å². The second-order valence-corrected chi connectivity index (χ2v) is 14.5. The molecule has 0 aliphatic rings. The van der Waals surface area contributed by atoms with Crippen molar-refractivity contribution in [3.8, 4) is 11.3 Å². The highest BCUT2D eigenvalue weighted by Crippen LogP contribution is 2.31. The molecule has 0 bridgehead atoms. The highest BCUT2D eigenvalue weighted by molar-refractivity contribution is 7.20. The van der Waals surface area contributed by atoms with E-state index in [9.17, 15) is 57.5 Å². The molecule has 0 spiro atoms. The molecule has 0 atom stereocenters. The van der Waals surface area contributed by atoms with E-state index in [1.165, 1.54) is 11.1 Å². The average molecular weight is 982 g/mol. The average Bonchev–Trinajstić information content (AvgIpc) is 3.32. The van der Waals surface area contributed by atoms with Gasteiger partial charge in [-0.1, -0.05) is 48.0 Å². The first-order valence-electron chi connectivity index (χ1n) is 18.6. The highest BCUT2D eigenvalue weighted by Gasteiger charge is 2.52. The second kappa shape index (κ2) is 18.8. The predicted octanol–water partition coefficient (Wildman–Crippen LogP) is 9.38. The summed E-state index contributed by atoms with van der Waals surface area (Å²) in [6.07, 6.45) is -1.71. The molecule has 354 valence electrons. The van der Waals surface area contributed by atoms with E-state index in [4.69, 9.17) is 0 Å². The largest absolute Gasteiger partial charge is 0.287 e. The molecular formula is C44H19BF20N2O. The topological polar surface area (TPSA) is 33.8 Å². The molecule has 0 fully saturated rings. The number of benzene rings is 6. The fourth-order valence-electron chi connectivity index (χ4n) is 7.44. The van der Waals surface area contributed by atoms with Crippen LogP contribution in [0, 0.1) is 130 Å². The van der Waals surface area contributed by atoms with Crippen molar-refractivity contribution < 1.29 is 97.2 Å². The third-order valence-electron chi connectivity index (χ3n) is 10.6. The van der Waals surface area contributed by atoms with Gasteiger partial charge in [-0.15, -0.1) is 21.9 Å². The number of halogens is 20. The van der Waals surface area contributed by atoms with Gasteiger partial charge >= 0.3 is 0 Å². The summed E-state index contributed by atoms with van der Waals surface area (Å²) in [6, 6.07) is 15.7. The molecule has 0 unspecified atom stereocenters. The van der Waals surface area contributed by atoms with Crippen LogP contribution in [0.4, 0.5) is 87.8 Å². The Kier molecular flexibility index (Phi) is 13.9. The van der Waals surface area contributed by atoms with Gasteiger partial charge in [0.2, 0.25) is 12.3 Å². The van der Waals surface area contributed by atoms with Crippen LogP contribution in [0.25, 0.3) is 11.3 Å². The first kappa shape index (κ1) is 50.2. The highest BCUT2D eigenvalue weighted by atomic mass is 19.2. The van der Waals surface area contributed by atoms with Gasteiger partial charge < -0.3 is 0 Å². The third-order valence-corrected chi connectivity index (χ3v) is 10.6. The number of aromatic nitrogens is 2. The normalized spacial score (nSPS) is 11.5. The summed E-state index contributed by atoms with van der Waals surface area (Å²) in [6.45, 7) is 4.45. The minimum atomic E-state index is -7.22. The number of aryl methyl sites for hydroxylation is 2. The zero-order chi connectivity index (χ0) is 50.6. The summed E-state index contributed by atoms with van der Waals surface area (Å²) in [5.41, 5.74) is -9.24. The Morgan fingerprint density at radius 3 is 1.12 bits per heavy atom. The number of hydrogen-bond acceptors (Lipinski definition) is 2. The molecule has 0 aliphatic heterocycles. The Morgan fingerprint density at radius 1 is 0.456 bits per heavy atom. The number of ketones is 1. The molecule has 0 radical (unpaired) electrons. The Hall–Kier alpha value is -7.27. The smallest absolute Gasteiger partial charge is 0.227 e. The molecule has 0 aliphatic carbocycles. The first-order chi connectivity index (χ1) is 31.8. The van der Waals surface area contributed by atoms with Crippen LogP contribution in [0.5, 0.6) is 0 Å². The summed E-state index contributed by atoms with van der Waals surface area (Å²) in [4.78, 5) is 16.8. The molecule has 1 aromatic heterocycles. The van der Waals surface area contributed by atoms with E-state index in [-0.39, 0.29) is 5.78 Å². The van der Waals surface area contributed by atoms with Gasteiger partial charge in [0, 0.05) is 11.1 Å². The molecule has 0 saturated heterocycles. The van der Waals surface area contributed by atoms with E-state index < -0.39 is 144 Å². The summed E-state index contributed by atoms with van der Waals surface area (Å²) < 4.78 is 296. The minimum absolute atomic E-state index is 0.0914. The lowest BCUT2D eigenvalue weighted by molar-refractivity contribution is -0.683. The minimum Gasteiger partial charge on any atom is -0.287 e. The fourth-order valence-corrected chi connectivity index (χ4v) is 7.44. The number of Topliss-reactive ketones (excluding diaryl/α,β-unsaturated/α-hetero) is 1. The van der Waals surface area contributed by atoms with Crippen LogP contribution in [-0.4, -0.2) is 16.9 Å². The van der Waals surface area contributed by atoms with Crippen LogP contribution < -0.4 is 26.4 Å². The molecule has 24 heteroatoms. The second-order valence-electron chi connectivity index (χ2n) is 14.5. The molecular weight excluding hydrogens is 963 g/mol. The van der Waals surface area contributed by atoms with Crippen LogP contribution in [-0.2, 0) is 6.54 Å². The van der Waals surface area contributed by atoms with Crippen molar-refractivity contribution in [3.63, 3.8) is 0 Å². The number of hydrogen-bond donors (Lipinski definition) is 0. The first-order valence-corrected chi connectivity index (χ1v) is 18.6. The molecule has 3 nitrogen and oxygen atoms in total. The van der Waals surface area contributed by atoms with Gasteiger partial charge in [0.25, 0.3) is 0 Å². The quantitative estimate of drug-likeness (QED) is 0.0380. The van der Waals surface area contributed by atoms with Crippen molar-refractivity contribution in [1.82, 2.24) is 4.98 Å². The van der Waals surface area contributed by atoms with Gasteiger partial charge in [-0.05, 0) is 25.5 Å². The molecule has 7 aromatic rings. The van der Waals surface area contributed by atoms with Crippen molar-refractivity contribution >= 4 is 33.8 Å². The van der Waals surface area contributed by atoms with Crippen LogP contribution >= 0.6 is 0 Å². The van der Waals surface area contributed by atoms with Crippen LogP contribution in [0.3, 0.4) is 0 Å². The lowest BCUT2D eigenvalue weighted by Gasteiger charge is -2.44. The van der Waals surface area contributed by atoms with Gasteiger partial charge in [-0.2, -0.15) is 4.57 Å². The summed E-state index contributed by atoms with van der Waals surface area (Å²) in [5.74, 6) is -71.3. The Bertz CT molecular complexity index is 2820. The van der Waals surface area contributed by atoms with Gasteiger partial charge in [0.05, 0.1) is 6.20 Å². The van der Waals surface area contributed by atoms with E-state index in [2.05, 4.69) is 37.0 Å². The van der Waals surface area contributed by atoms with Crippen LogP contribution in [0.2, 0.25) is 0 Å². The lowest BCUT2D eigenvalue weighted by atomic mass is 9.12. The molecule has 0 saturated carbocycles. The van der Waals surface area contributed by atoms with Gasteiger partial charge in [-0.25, -0.2) is 92.8 Å². The van der Waals surface area contributed by atoms with Crippen LogP contribution in [0.1, 0.15) is 21.5 Å². The van der Waals surface area contributed by atoms with E-state index in [1.807, 2.05) is 47.3 Å². The van der Waals surface area contributed by atoms with Crippen molar-refractivity contribution in [1.29, 1.82) is 0 Å². The van der Waals surface area contributed by atoms with E-state index in [1.54, 1.807) is 6.20 Å². The predicted molar refractivity (Wildman–Crippen MR) is 199 cm³/mol. The van der Waals surface area contributed by atoms with Crippen LogP contribution in [0.15, 0.2) is 67.1 Å². The number of carbonyl (C=O) groups is 1. The van der Waals surface area contributed by atoms with Crippen molar-refractivity contribution in [2.24, 2.45) is 0 Å². The number of nitrogens with zero attached hydrogens (tertiary/aromatic N) is 2. The monoisotopic (exact) mass is 982 g/mol. The molecule has 1 heterocycles. The summed E-state index contributed by atoms with van der Waals surface area (Å²) in [5, 5.41) is 0. The lowest BCUT2D eigenvalue weighted by Crippen LogP contribution is -2.81. The Morgan fingerprint density at radius 2 is 0.779 bits per heavy atom. The molecule has 68 heavy (non-hydrogen) atoms. The molecule has 0 N–H and O–H groups in total. The maximum atomic E-state index is 15.4. The maximum absolute atomic E-state index is 15.4. The van der Waals surface area contributed by atoms with Gasteiger partial charge in [0.1, 0.15) is 58.4 Å². The third kappa shape index (κ3) is 8.07. The fraction of sp³-hybridized carbons (Fsp3) is 0.0682. The Balaban J connectivity index is 0.000000276. The maximum Gasteiger partial charge on any atom is 0.227 e. The van der Waals surface area contributed by atoms with Crippen molar-refractivity contribution in [2.75, 3.05) is 0 Å². The zero-order valence-electron chi connectivity index (χ0n) is 33.5. The van der Waals surface area contributed by atoms with Crippen molar-refractivity contribution in [2.45, 2.75) is 20.4 Å². The number of rotatable bonds is 8. The Labute approximate surface area is 367 Å². The molecule has 0 amide bonds. The summed E-state index contributed by atoms with van der Waals surface area (Å²) >= 11 is 0.